The number of halogens is 1. The number of carbonyl (C=O) groups is 1. The molecular formula is C12H13ClN4O2. The van der Waals surface area contributed by atoms with Gasteiger partial charge in [-0.3, -0.25) is 5.43 Å². The fourth-order valence-corrected chi connectivity index (χ4v) is 2.04. The summed E-state index contributed by atoms with van der Waals surface area (Å²) in [5.74, 6) is 4.36. The Labute approximate surface area is 115 Å². The molecule has 0 aliphatic carbocycles. The van der Waals surface area contributed by atoms with Crippen LogP contribution >= 0.6 is 11.6 Å². The van der Waals surface area contributed by atoms with Crippen LogP contribution in [-0.2, 0) is 4.79 Å². The van der Waals surface area contributed by atoms with Crippen LogP contribution in [0.25, 0.3) is 0 Å². The van der Waals surface area contributed by atoms with Gasteiger partial charge in [0, 0.05) is 17.0 Å². The summed E-state index contributed by atoms with van der Waals surface area (Å²) in [4.78, 5) is 19.2. The van der Waals surface area contributed by atoms with Crippen LogP contribution in [0.4, 0.5) is 0 Å². The van der Waals surface area contributed by atoms with Crippen LogP contribution < -0.4 is 11.3 Å². The quantitative estimate of drug-likeness (QED) is 0.558. The molecule has 1 aliphatic rings. The van der Waals surface area contributed by atoms with Crippen molar-refractivity contribution in [3.8, 4) is 0 Å². The van der Waals surface area contributed by atoms with E-state index in [9.17, 15) is 4.79 Å². The van der Waals surface area contributed by atoms with Gasteiger partial charge in [-0.25, -0.2) is 20.6 Å². The van der Waals surface area contributed by atoms with Gasteiger partial charge in [-0.05, 0) is 24.6 Å². The molecule has 0 saturated carbocycles. The van der Waals surface area contributed by atoms with Gasteiger partial charge >= 0.3 is 5.97 Å². The van der Waals surface area contributed by atoms with Crippen molar-refractivity contribution >= 4 is 29.2 Å². The Hall–Kier alpha value is -1.92. The van der Waals surface area contributed by atoms with Crippen molar-refractivity contribution in [3.05, 3.63) is 34.3 Å². The highest BCUT2D eigenvalue weighted by atomic mass is 35.5. The topological polar surface area (TPSA) is 100 Å². The summed E-state index contributed by atoms with van der Waals surface area (Å²) >= 11 is 5.96. The number of benzene rings is 1. The van der Waals surface area contributed by atoms with Crippen molar-refractivity contribution < 1.29 is 9.90 Å². The van der Waals surface area contributed by atoms with E-state index >= 15 is 0 Å². The Morgan fingerprint density at radius 3 is 2.95 bits per heavy atom. The Kier molecular flexibility index (Phi) is 3.82. The first-order valence-corrected chi connectivity index (χ1v) is 6.00. The molecule has 0 amide bonds. The first-order valence-electron chi connectivity index (χ1n) is 5.62. The minimum atomic E-state index is -1.01. The van der Waals surface area contributed by atoms with Gasteiger partial charge in [0.1, 0.15) is 0 Å². The standard InChI is InChI=1S/C12H13ClN4O2/c1-6-2-3-7(13)4-8(6)9-5-10(11(18)19)16-12(15-9)17-14/h2-4,10H,5,14H2,1H3,(H,16,17)(H,18,19). The number of hydrazine groups is 1. The van der Waals surface area contributed by atoms with E-state index in [-0.39, 0.29) is 12.4 Å². The average Bonchev–Trinajstić information content (AvgIpc) is 2.40. The van der Waals surface area contributed by atoms with E-state index in [1.807, 2.05) is 13.0 Å². The number of rotatable bonds is 2. The lowest BCUT2D eigenvalue weighted by Gasteiger charge is -2.18. The molecule has 6 nitrogen and oxygen atoms in total. The van der Waals surface area contributed by atoms with E-state index in [4.69, 9.17) is 22.6 Å². The fraction of sp³-hybridized carbons (Fsp3) is 0.250. The molecule has 1 aliphatic heterocycles. The summed E-state index contributed by atoms with van der Waals surface area (Å²) in [7, 11) is 0. The molecule has 1 heterocycles. The van der Waals surface area contributed by atoms with Gasteiger partial charge < -0.3 is 5.11 Å². The van der Waals surface area contributed by atoms with Crippen molar-refractivity contribution in [1.29, 1.82) is 0 Å². The second kappa shape index (κ2) is 5.38. The van der Waals surface area contributed by atoms with Crippen LogP contribution in [0.1, 0.15) is 17.5 Å². The zero-order valence-corrected chi connectivity index (χ0v) is 11.0. The molecule has 4 N–H and O–H groups in total. The Morgan fingerprint density at radius 2 is 2.32 bits per heavy atom. The molecule has 100 valence electrons. The van der Waals surface area contributed by atoms with Crippen molar-refractivity contribution in [2.24, 2.45) is 15.8 Å². The number of guanidine groups is 1. The summed E-state index contributed by atoms with van der Waals surface area (Å²) < 4.78 is 0. The molecule has 1 aromatic carbocycles. The van der Waals surface area contributed by atoms with E-state index in [1.54, 1.807) is 12.1 Å². The van der Waals surface area contributed by atoms with Gasteiger partial charge in [0.15, 0.2) is 6.04 Å². The number of nitrogens with one attached hydrogen (secondary N) is 1. The Morgan fingerprint density at radius 1 is 1.58 bits per heavy atom. The van der Waals surface area contributed by atoms with E-state index in [0.717, 1.165) is 11.1 Å². The van der Waals surface area contributed by atoms with Crippen LogP contribution in [0.2, 0.25) is 5.02 Å². The van der Waals surface area contributed by atoms with Gasteiger partial charge in [0.05, 0.1) is 5.71 Å². The molecule has 7 heteroatoms. The molecule has 0 saturated heterocycles. The fourth-order valence-electron chi connectivity index (χ4n) is 1.87. The van der Waals surface area contributed by atoms with Crippen molar-refractivity contribution in [2.75, 3.05) is 0 Å². The normalized spacial score (nSPS) is 18.6. The number of carboxylic acids is 1. The third-order valence-electron chi connectivity index (χ3n) is 2.83. The highest BCUT2D eigenvalue weighted by Gasteiger charge is 2.25. The van der Waals surface area contributed by atoms with Crippen molar-refractivity contribution in [3.63, 3.8) is 0 Å². The van der Waals surface area contributed by atoms with Crippen molar-refractivity contribution in [2.45, 2.75) is 19.4 Å². The summed E-state index contributed by atoms with van der Waals surface area (Å²) in [5.41, 5.74) is 4.67. The molecule has 1 aromatic rings. The van der Waals surface area contributed by atoms with E-state index in [0.29, 0.717) is 10.7 Å². The van der Waals surface area contributed by atoms with Gasteiger partial charge in [0.25, 0.3) is 0 Å². The van der Waals surface area contributed by atoms with Crippen LogP contribution in [0.3, 0.4) is 0 Å². The Balaban J connectivity index is 2.44. The molecule has 0 fully saturated rings. The summed E-state index contributed by atoms with van der Waals surface area (Å²) in [6.07, 6.45) is 0.210. The number of nitrogens with two attached hydrogens (primary N) is 1. The lowest BCUT2D eigenvalue weighted by Crippen LogP contribution is -2.37. The van der Waals surface area contributed by atoms with E-state index in [2.05, 4.69) is 15.4 Å². The van der Waals surface area contributed by atoms with E-state index in [1.165, 1.54) is 0 Å². The summed E-state index contributed by atoms with van der Waals surface area (Å²) in [5, 5.41) is 9.65. The maximum absolute atomic E-state index is 11.1. The predicted octanol–water partition coefficient (Wildman–Crippen LogP) is 1.11. The minimum absolute atomic E-state index is 0.105. The zero-order valence-electron chi connectivity index (χ0n) is 10.2. The first-order chi connectivity index (χ1) is 9.01. The number of hydrogen-bond acceptors (Lipinski definition) is 5. The molecule has 0 aromatic heterocycles. The summed E-state index contributed by atoms with van der Waals surface area (Å²) in [6.45, 7) is 1.91. The SMILES string of the molecule is Cc1ccc(Cl)cc1C1=NC(NN)=NC(C(=O)O)C1. The molecule has 0 spiro atoms. The molecular weight excluding hydrogens is 268 g/mol. The summed E-state index contributed by atoms with van der Waals surface area (Å²) in [6, 6.07) is 4.50. The molecule has 0 radical (unpaired) electrons. The largest absolute Gasteiger partial charge is 0.480 e. The molecule has 1 unspecified atom stereocenters. The zero-order chi connectivity index (χ0) is 14.0. The monoisotopic (exact) mass is 280 g/mol. The molecule has 19 heavy (non-hydrogen) atoms. The number of nitrogens with zero attached hydrogens (tertiary/aromatic N) is 2. The lowest BCUT2D eigenvalue weighted by atomic mass is 9.98. The highest BCUT2D eigenvalue weighted by Crippen LogP contribution is 2.21. The van der Waals surface area contributed by atoms with Gasteiger partial charge in [-0.1, -0.05) is 17.7 Å². The third-order valence-corrected chi connectivity index (χ3v) is 3.07. The number of aliphatic imine (C=N–C) groups is 2. The minimum Gasteiger partial charge on any atom is -0.480 e. The second-order valence-electron chi connectivity index (χ2n) is 4.17. The van der Waals surface area contributed by atoms with Gasteiger partial charge in [0.2, 0.25) is 5.96 Å². The maximum Gasteiger partial charge on any atom is 0.328 e. The highest BCUT2D eigenvalue weighted by molar-refractivity contribution is 6.31. The van der Waals surface area contributed by atoms with Gasteiger partial charge in [-0.2, -0.15) is 0 Å². The van der Waals surface area contributed by atoms with Crippen LogP contribution in [0, 0.1) is 6.92 Å². The van der Waals surface area contributed by atoms with Crippen molar-refractivity contribution in [1.82, 2.24) is 5.43 Å². The number of aliphatic carboxylic acids is 1. The van der Waals surface area contributed by atoms with Crippen LogP contribution in [-0.4, -0.2) is 28.8 Å². The number of hydrogen-bond donors (Lipinski definition) is 3. The lowest BCUT2D eigenvalue weighted by molar-refractivity contribution is -0.138. The smallest absolute Gasteiger partial charge is 0.328 e. The first kappa shape index (κ1) is 13.5. The average molecular weight is 281 g/mol. The maximum atomic E-state index is 11.1. The Bertz CT molecular complexity index is 583. The van der Waals surface area contributed by atoms with Crippen LogP contribution in [0.15, 0.2) is 28.2 Å². The van der Waals surface area contributed by atoms with Gasteiger partial charge in [-0.15, -0.1) is 0 Å². The van der Waals surface area contributed by atoms with Crippen LogP contribution in [0.5, 0.6) is 0 Å². The predicted molar refractivity (Wildman–Crippen MR) is 73.5 cm³/mol. The van der Waals surface area contributed by atoms with E-state index < -0.39 is 12.0 Å². The molecule has 1 atom stereocenters. The number of carboxylic acid groups (broad SMARTS) is 1. The number of aryl methyl sites for hydroxylation is 1. The third kappa shape index (κ3) is 2.91. The second-order valence-corrected chi connectivity index (χ2v) is 4.61. The molecule has 0 bridgehead atoms. The molecule has 2 rings (SSSR count).